The summed E-state index contributed by atoms with van der Waals surface area (Å²) in [5, 5.41) is 30.3. The fraction of sp³-hybridized carbons (Fsp3) is 0.364. The summed E-state index contributed by atoms with van der Waals surface area (Å²) in [7, 11) is 0. The third kappa shape index (κ3) is 9.60. The zero-order valence-electron chi connectivity index (χ0n) is 33.9. The minimum Gasteiger partial charge on any atom is -0.347 e. The van der Waals surface area contributed by atoms with Gasteiger partial charge in [-0.25, -0.2) is 0 Å². The second-order valence-corrected chi connectivity index (χ2v) is 16.0. The van der Waals surface area contributed by atoms with Crippen LogP contribution in [0.25, 0.3) is 33.6 Å². The standard InChI is InChI=1S/C23H27N5O.C21H25N5O/c1-5-23(3,4)24-22(29)19-12-18(16-8-6-15(2)7-9-16)13-20(14-19)28-21(17-10-11-17)25-26-27-28;1-6-21(4,5)22-20(27)18-11-17(16-9-7-14(2)8-10-16)12-19(13-18)26-15(3)23-24-25-26/h6-9,12-14,17H,5,10-11H2,1-4H3,(H,24,29);7-13H,6H2,1-5H3,(H,22,27). The van der Waals surface area contributed by atoms with E-state index in [4.69, 9.17) is 0 Å². The van der Waals surface area contributed by atoms with Crippen molar-refractivity contribution in [3.63, 3.8) is 0 Å². The first kappa shape index (κ1) is 39.6. The molecule has 2 N–H and O–H groups in total. The first-order valence-electron chi connectivity index (χ1n) is 19.3. The lowest BCUT2D eigenvalue weighted by Crippen LogP contribution is -2.42. The molecule has 0 spiro atoms. The third-order valence-corrected chi connectivity index (χ3v) is 10.4. The molecule has 0 aliphatic heterocycles. The lowest BCUT2D eigenvalue weighted by molar-refractivity contribution is 0.0902. The molecule has 12 nitrogen and oxygen atoms in total. The zero-order chi connectivity index (χ0) is 40.2. The third-order valence-electron chi connectivity index (χ3n) is 10.4. The van der Waals surface area contributed by atoms with Crippen LogP contribution in [0.15, 0.2) is 84.9 Å². The van der Waals surface area contributed by atoms with E-state index in [2.05, 4.69) is 124 Å². The highest BCUT2D eigenvalue weighted by Gasteiger charge is 2.30. The Morgan fingerprint density at radius 1 is 0.607 bits per heavy atom. The van der Waals surface area contributed by atoms with Crippen molar-refractivity contribution >= 4 is 11.8 Å². The van der Waals surface area contributed by atoms with Crippen LogP contribution in [-0.2, 0) is 0 Å². The molecule has 0 saturated heterocycles. The highest BCUT2D eigenvalue weighted by atomic mass is 16.2. The van der Waals surface area contributed by atoms with E-state index < -0.39 is 0 Å². The molecule has 7 rings (SSSR count). The maximum Gasteiger partial charge on any atom is 0.251 e. The van der Waals surface area contributed by atoms with E-state index in [-0.39, 0.29) is 22.9 Å². The second-order valence-electron chi connectivity index (χ2n) is 16.0. The molecule has 290 valence electrons. The Morgan fingerprint density at radius 3 is 1.45 bits per heavy atom. The van der Waals surface area contributed by atoms with Crippen LogP contribution in [0.1, 0.15) is 117 Å². The van der Waals surface area contributed by atoms with Gasteiger partial charge in [0.05, 0.1) is 11.4 Å². The number of carbonyl (C=O) groups excluding carboxylic acids is 2. The maximum absolute atomic E-state index is 13.0. The number of hydrogen-bond donors (Lipinski definition) is 2. The van der Waals surface area contributed by atoms with Gasteiger partial charge in [0.1, 0.15) is 0 Å². The van der Waals surface area contributed by atoms with Crippen LogP contribution in [0.2, 0.25) is 0 Å². The topological polar surface area (TPSA) is 145 Å². The molecule has 1 fully saturated rings. The summed E-state index contributed by atoms with van der Waals surface area (Å²) in [5.74, 6) is 1.74. The summed E-state index contributed by atoms with van der Waals surface area (Å²) in [4.78, 5) is 25.9. The largest absolute Gasteiger partial charge is 0.347 e. The van der Waals surface area contributed by atoms with Gasteiger partial charge < -0.3 is 10.6 Å². The molecule has 0 bridgehead atoms. The van der Waals surface area contributed by atoms with Gasteiger partial charge in [-0.05, 0) is 154 Å². The molecule has 2 amide bonds. The predicted molar refractivity (Wildman–Crippen MR) is 219 cm³/mol. The maximum atomic E-state index is 13.0. The van der Waals surface area contributed by atoms with E-state index >= 15 is 0 Å². The molecular formula is C44H52N10O2. The summed E-state index contributed by atoms with van der Waals surface area (Å²) in [5.41, 5.74) is 8.62. The molecule has 0 radical (unpaired) electrons. The summed E-state index contributed by atoms with van der Waals surface area (Å²) in [6, 6.07) is 28.1. The number of carbonyl (C=O) groups is 2. The quantitative estimate of drug-likeness (QED) is 0.135. The van der Waals surface area contributed by atoms with Crippen molar-refractivity contribution in [2.75, 3.05) is 0 Å². The normalized spacial score (nSPS) is 12.8. The lowest BCUT2D eigenvalue weighted by atomic mass is 9.98. The molecule has 4 aromatic carbocycles. The van der Waals surface area contributed by atoms with Gasteiger partial charge in [-0.15, -0.1) is 10.2 Å². The Hall–Kier alpha value is -6.04. The Bertz CT molecular complexity index is 2320. The van der Waals surface area contributed by atoms with E-state index in [1.807, 2.05) is 65.0 Å². The highest BCUT2D eigenvalue weighted by Crippen LogP contribution is 2.39. The van der Waals surface area contributed by atoms with Gasteiger partial charge >= 0.3 is 0 Å². The Balaban J connectivity index is 0.000000190. The molecule has 56 heavy (non-hydrogen) atoms. The fourth-order valence-corrected chi connectivity index (χ4v) is 5.93. The van der Waals surface area contributed by atoms with Crippen LogP contribution in [-0.4, -0.2) is 63.3 Å². The Labute approximate surface area is 329 Å². The van der Waals surface area contributed by atoms with E-state index in [0.29, 0.717) is 22.9 Å². The van der Waals surface area contributed by atoms with Gasteiger partial charge in [0.15, 0.2) is 11.6 Å². The minimum absolute atomic E-state index is 0.0897. The average Bonchev–Trinajstić information content (AvgIpc) is 3.74. The lowest BCUT2D eigenvalue weighted by Gasteiger charge is -2.24. The van der Waals surface area contributed by atoms with Crippen molar-refractivity contribution in [2.24, 2.45) is 0 Å². The molecule has 1 saturated carbocycles. The van der Waals surface area contributed by atoms with Gasteiger partial charge in [0, 0.05) is 28.1 Å². The van der Waals surface area contributed by atoms with Crippen LogP contribution in [0, 0.1) is 20.8 Å². The molecule has 2 heterocycles. The van der Waals surface area contributed by atoms with Gasteiger partial charge in [0.25, 0.3) is 11.8 Å². The number of amides is 2. The van der Waals surface area contributed by atoms with E-state index in [1.165, 1.54) is 11.1 Å². The smallest absolute Gasteiger partial charge is 0.251 e. The second kappa shape index (κ2) is 16.4. The van der Waals surface area contributed by atoms with Crippen LogP contribution < -0.4 is 10.6 Å². The van der Waals surface area contributed by atoms with E-state index in [9.17, 15) is 9.59 Å². The number of aryl methyl sites for hydroxylation is 3. The molecule has 0 unspecified atom stereocenters. The van der Waals surface area contributed by atoms with Gasteiger partial charge in [-0.3, -0.25) is 9.59 Å². The summed E-state index contributed by atoms with van der Waals surface area (Å²) in [6.45, 7) is 18.2. The fourth-order valence-electron chi connectivity index (χ4n) is 5.93. The number of nitrogens with zero attached hydrogens (tertiary/aromatic N) is 8. The zero-order valence-corrected chi connectivity index (χ0v) is 33.9. The molecule has 1 aliphatic carbocycles. The van der Waals surface area contributed by atoms with Crippen molar-refractivity contribution < 1.29 is 9.59 Å². The molecule has 2 aromatic heterocycles. The summed E-state index contributed by atoms with van der Waals surface area (Å²) < 4.78 is 3.41. The summed E-state index contributed by atoms with van der Waals surface area (Å²) >= 11 is 0. The van der Waals surface area contributed by atoms with Crippen LogP contribution in [0.3, 0.4) is 0 Å². The molecular weight excluding hydrogens is 701 g/mol. The molecule has 12 heteroatoms. The average molecular weight is 753 g/mol. The van der Waals surface area contributed by atoms with Gasteiger partial charge in [0.2, 0.25) is 0 Å². The van der Waals surface area contributed by atoms with Crippen molar-refractivity contribution in [2.45, 2.75) is 105 Å². The van der Waals surface area contributed by atoms with Gasteiger partial charge in [-0.2, -0.15) is 9.36 Å². The van der Waals surface area contributed by atoms with Crippen LogP contribution >= 0.6 is 0 Å². The number of tetrazole rings is 2. The molecule has 6 aromatic rings. The van der Waals surface area contributed by atoms with Crippen LogP contribution in [0.5, 0.6) is 0 Å². The number of hydrogen-bond acceptors (Lipinski definition) is 8. The number of rotatable bonds is 11. The Kier molecular flexibility index (Phi) is 11.6. The van der Waals surface area contributed by atoms with Crippen molar-refractivity contribution in [3.05, 3.63) is 119 Å². The van der Waals surface area contributed by atoms with E-state index in [0.717, 1.165) is 65.1 Å². The minimum atomic E-state index is -0.276. The number of nitrogens with one attached hydrogen (secondary N) is 2. The highest BCUT2D eigenvalue weighted by molar-refractivity contribution is 5.97. The van der Waals surface area contributed by atoms with Gasteiger partial charge in [-0.1, -0.05) is 73.5 Å². The SMILES string of the molecule is CCC(C)(C)NC(=O)c1cc(-c2ccc(C)cc2)cc(-n2nnnc2C)c1.CCC(C)(C)NC(=O)c1cc(-c2ccc(C)cc2)cc(-n2nnnc2C2CC2)c1. The monoisotopic (exact) mass is 752 g/mol. The summed E-state index contributed by atoms with van der Waals surface area (Å²) in [6.07, 6.45) is 3.91. The molecule has 1 aliphatic rings. The Morgan fingerprint density at radius 2 is 1.04 bits per heavy atom. The van der Waals surface area contributed by atoms with E-state index in [1.54, 1.807) is 9.36 Å². The van der Waals surface area contributed by atoms with Crippen molar-refractivity contribution in [1.29, 1.82) is 0 Å². The number of aromatic nitrogens is 8. The first-order chi connectivity index (χ1) is 26.6. The van der Waals surface area contributed by atoms with Crippen molar-refractivity contribution in [3.8, 4) is 33.6 Å². The van der Waals surface area contributed by atoms with Crippen LogP contribution in [0.4, 0.5) is 0 Å². The predicted octanol–water partition coefficient (Wildman–Crippen LogP) is 8.30. The van der Waals surface area contributed by atoms with Crippen molar-refractivity contribution in [1.82, 2.24) is 51.0 Å². The molecule has 0 atom stereocenters. The number of benzene rings is 4. The first-order valence-corrected chi connectivity index (χ1v) is 19.3.